The molecule has 0 aromatic carbocycles. The van der Waals surface area contributed by atoms with Gasteiger partial charge in [-0.3, -0.25) is 0 Å². The van der Waals surface area contributed by atoms with Gasteiger partial charge in [-0.05, 0) is 24.5 Å². The predicted octanol–water partition coefficient (Wildman–Crippen LogP) is 0.572. The number of rotatable bonds is 2. The Morgan fingerprint density at radius 3 is 2.71 bits per heavy atom. The summed E-state index contributed by atoms with van der Waals surface area (Å²) in [6.45, 7) is 0.470. The van der Waals surface area contributed by atoms with Gasteiger partial charge in [-0.25, -0.2) is 4.98 Å². The van der Waals surface area contributed by atoms with Crippen LogP contribution in [0, 0.1) is 5.95 Å². The maximum Gasteiger partial charge on any atom is 0.212 e. The summed E-state index contributed by atoms with van der Waals surface area (Å²) in [6, 6.07) is 3.03. The Kier molecular flexibility index (Phi) is 2.25. The van der Waals surface area contributed by atoms with Crippen LogP contribution in [0.5, 0.6) is 0 Å². The van der Waals surface area contributed by atoms with Crippen LogP contribution in [0.15, 0.2) is 18.3 Å². The molecule has 0 aliphatic heterocycles. The van der Waals surface area contributed by atoms with E-state index < -0.39 is 5.95 Å². The Bertz CT molecular complexity index is 319. The molecule has 3 nitrogen and oxygen atoms in total. The number of nitrogens with zero attached hydrogens (tertiary/aromatic N) is 1. The van der Waals surface area contributed by atoms with E-state index in [4.69, 9.17) is 5.73 Å². The fourth-order valence-electron chi connectivity index (χ4n) is 2.05. The summed E-state index contributed by atoms with van der Waals surface area (Å²) in [5.41, 5.74) is 6.41. The molecule has 1 heterocycles. The predicted molar refractivity (Wildman–Crippen MR) is 50.2 cm³/mol. The van der Waals surface area contributed by atoms with Gasteiger partial charge in [0.2, 0.25) is 5.95 Å². The zero-order valence-electron chi connectivity index (χ0n) is 7.78. The van der Waals surface area contributed by atoms with Gasteiger partial charge < -0.3 is 10.8 Å². The second-order valence-corrected chi connectivity index (χ2v) is 3.92. The van der Waals surface area contributed by atoms with Crippen molar-refractivity contribution in [2.45, 2.75) is 24.4 Å². The number of pyridine rings is 1. The number of hydrogen-bond acceptors (Lipinski definition) is 3. The van der Waals surface area contributed by atoms with E-state index in [-0.39, 0.29) is 11.5 Å². The first-order valence-electron chi connectivity index (χ1n) is 4.66. The zero-order chi connectivity index (χ0) is 10.2. The minimum atomic E-state index is -0.485. The molecule has 1 aliphatic rings. The lowest BCUT2D eigenvalue weighted by Crippen LogP contribution is -2.49. The van der Waals surface area contributed by atoms with Gasteiger partial charge in [-0.15, -0.1) is 0 Å². The average molecular weight is 196 g/mol. The van der Waals surface area contributed by atoms with Gasteiger partial charge >= 0.3 is 0 Å². The largest absolute Gasteiger partial charge is 0.393 e. The summed E-state index contributed by atoms with van der Waals surface area (Å²) >= 11 is 0. The molecule has 0 atom stereocenters. The fourth-order valence-corrected chi connectivity index (χ4v) is 2.05. The molecule has 0 spiro atoms. The second-order valence-electron chi connectivity index (χ2n) is 3.92. The molecule has 0 bridgehead atoms. The molecular formula is C10H13FN2O. The van der Waals surface area contributed by atoms with Crippen molar-refractivity contribution in [2.24, 2.45) is 5.73 Å². The first-order valence-corrected chi connectivity index (χ1v) is 4.66. The molecule has 0 unspecified atom stereocenters. The molecule has 76 valence electrons. The third kappa shape index (κ3) is 1.40. The van der Waals surface area contributed by atoms with Gasteiger partial charge in [0.05, 0.1) is 6.10 Å². The Hall–Kier alpha value is -1.00. The van der Waals surface area contributed by atoms with Crippen LogP contribution in [0.4, 0.5) is 4.39 Å². The Balaban J connectivity index is 2.25. The maximum absolute atomic E-state index is 12.6. The number of nitrogens with two attached hydrogens (primary N) is 1. The van der Waals surface area contributed by atoms with Crippen LogP contribution < -0.4 is 5.73 Å². The van der Waals surface area contributed by atoms with Gasteiger partial charge in [0.25, 0.3) is 0 Å². The van der Waals surface area contributed by atoms with Crippen molar-refractivity contribution in [1.29, 1.82) is 0 Å². The molecule has 0 radical (unpaired) electrons. The number of aliphatic hydroxyl groups is 1. The summed E-state index contributed by atoms with van der Waals surface area (Å²) < 4.78 is 12.6. The van der Waals surface area contributed by atoms with Crippen LogP contribution >= 0.6 is 0 Å². The van der Waals surface area contributed by atoms with E-state index in [1.54, 1.807) is 6.07 Å². The van der Waals surface area contributed by atoms with Gasteiger partial charge in [0, 0.05) is 18.2 Å². The molecule has 1 aromatic rings. The van der Waals surface area contributed by atoms with Crippen LogP contribution in [0.3, 0.4) is 0 Å². The van der Waals surface area contributed by atoms with Crippen molar-refractivity contribution in [3.05, 3.63) is 29.8 Å². The molecule has 1 aliphatic carbocycles. The minimum absolute atomic E-state index is 0.180. The van der Waals surface area contributed by atoms with Gasteiger partial charge in [0.15, 0.2) is 0 Å². The first-order chi connectivity index (χ1) is 6.66. The van der Waals surface area contributed by atoms with E-state index in [1.807, 2.05) is 0 Å². The van der Waals surface area contributed by atoms with Crippen LogP contribution in [-0.4, -0.2) is 22.7 Å². The van der Waals surface area contributed by atoms with Crippen LogP contribution in [0.2, 0.25) is 0 Å². The van der Waals surface area contributed by atoms with E-state index in [0.29, 0.717) is 19.4 Å². The quantitative estimate of drug-likeness (QED) is 0.680. The first kappa shape index (κ1) is 9.55. The molecule has 0 amide bonds. The van der Waals surface area contributed by atoms with E-state index in [1.165, 1.54) is 12.3 Å². The second kappa shape index (κ2) is 3.29. The molecule has 3 N–H and O–H groups in total. The molecule has 0 saturated heterocycles. The van der Waals surface area contributed by atoms with Gasteiger partial charge in [-0.2, -0.15) is 4.39 Å². The van der Waals surface area contributed by atoms with Crippen molar-refractivity contribution in [1.82, 2.24) is 4.98 Å². The van der Waals surface area contributed by atoms with Crippen molar-refractivity contribution >= 4 is 0 Å². The number of hydrogen-bond donors (Lipinski definition) is 2. The summed E-state index contributed by atoms with van der Waals surface area (Å²) in [5, 5.41) is 9.28. The Labute approximate surface area is 81.8 Å². The molecule has 1 aromatic heterocycles. The summed E-state index contributed by atoms with van der Waals surface area (Å²) in [5.74, 6) is -0.485. The summed E-state index contributed by atoms with van der Waals surface area (Å²) in [4.78, 5) is 3.60. The normalized spacial score (nSPS) is 31.2. The summed E-state index contributed by atoms with van der Waals surface area (Å²) in [6.07, 6.45) is 2.53. The van der Waals surface area contributed by atoms with Crippen molar-refractivity contribution in [3.8, 4) is 0 Å². The van der Waals surface area contributed by atoms with Crippen molar-refractivity contribution in [3.63, 3.8) is 0 Å². The topological polar surface area (TPSA) is 59.1 Å². The zero-order valence-corrected chi connectivity index (χ0v) is 7.78. The van der Waals surface area contributed by atoms with Crippen LogP contribution in [0.25, 0.3) is 0 Å². The molecule has 1 saturated carbocycles. The highest BCUT2D eigenvalue weighted by Gasteiger charge is 2.43. The fraction of sp³-hybridized carbons (Fsp3) is 0.500. The standard InChI is InChI=1S/C10H13FN2O/c11-9-2-1-7(5-13-9)10(6-12)3-8(14)4-10/h1-2,5,8,14H,3-4,6,12H2. The van der Waals surface area contributed by atoms with Gasteiger partial charge in [-0.1, -0.05) is 6.07 Å². The highest BCUT2D eigenvalue weighted by molar-refractivity contribution is 5.27. The smallest absolute Gasteiger partial charge is 0.212 e. The molecular weight excluding hydrogens is 183 g/mol. The Morgan fingerprint density at radius 1 is 1.57 bits per heavy atom. The molecule has 2 rings (SSSR count). The monoisotopic (exact) mass is 196 g/mol. The minimum Gasteiger partial charge on any atom is -0.393 e. The third-order valence-electron chi connectivity index (χ3n) is 2.98. The lowest BCUT2D eigenvalue weighted by Gasteiger charge is -2.44. The number of aliphatic hydroxyl groups excluding tert-OH is 1. The number of aromatic nitrogens is 1. The van der Waals surface area contributed by atoms with Crippen molar-refractivity contribution < 1.29 is 9.50 Å². The molecule has 1 fully saturated rings. The average Bonchev–Trinajstić information content (AvgIpc) is 2.14. The van der Waals surface area contributed by atoms with E-state index in [9.17, 15) is 9.50 Å². The summed E-state index contributed by atoms with van der Waals surface area (Å²) in [7, 11) is 0. The van der Waals surface area contributed by atoms with E-state index in [0.717, 1.165) is 5.56 Å². The highest BCUT2D eigenvalue weighted by Crippen LogP contribution is 2.42. The van der Waals surface area contributed by atoms with Crippen LogP contribution in [-0.2, 0) is 5.41 Å². The highest BCUT2D eigenvalue weighted by atomic mass is 19.1. The molecule has 4 heteroatoms. The Morgan fingerprint density at radius 2 is 2.29 bits per heavy atom. The SMILES string of the molecule is NCC1(c2ccc(F)nc2)CC(O)C1. The lowest BCUT2D eigenvalue weighted by atomic mass is 9.63. The molecule has 14 heavy (non-hydrogen) atoms. The van der Waals surface area contributed by atoms with Crippen LogP contribution in [0.1, 0.15) is 18.4 Å². The third-order valence-corrected chi connectivity index (χ3v) is 2.98. The van der Waals surface area contributed by atoms with Gasteiger partial charge in [0.1, 0.15) is 0 Å². The number of halogens is 1. The van der Waals surface area contributed by atoms with E-state index >= 15 is 0 Å². The van der Waals surface area contributed by atoms with Crippen molar-refractivity contribution in [2.75, 3.05) is 6.54 Å². The lowest BCUT2D eigenvalue weighted by molar-refractivity contribution is 0.0219. The maximum atomic E-state index is 12.6. The van der Waals surface area contributed by atoms with E-state index in [2.05, 4.69) is 4.98 Å².